The molecule has 0 aliphatic heterocycles. The Morgan fingerprint density at radius 2 is 1.83 bits per heavy atom. The van der Waals surface area contributed by atoms with Gasteiger partial charge in [-0.2, -0.15) is 0 Å². The fraction of sp³-hybridized carbons (Fsp3) is 0.348. The third-order valence-corrected chi connectivity index (χ3v) is 7.16. The molecule has 1 saturated carbocycles. The summed E-state index contributed by atoms with van der Waals surface area (Å²) in [5.74, 6) is -0.341. The summed E-state index contributed by atoms with van der Waals surface area (Å²) in [6.45, 7) is 0.369. The second-order valence-electron chi connectivity index (χ2n) is 7.49. The Labute approximate surface area is 184 Å². The molecule has 1 atom stereocenters. The highest BCUT2D eigenvalue weighted by Gasteiger charge is 2.34. The van der Waals surface area contributed by atoms with Gasteiger partial charge in [0.15, 0.2) is 0 Å². The molecule has 1 N–H and O–H groups in total. The Morgan fingerprint density at radius 1 is 1.03 bits per heavy atom. The molecule has 0 bridgehead atoms. The lowest BCUT2D eigenvalue weighted by atomic mass is 9.95. The number of nitrogens with zero attached hydrogens (tertiary/aromatic N) is 2. The minimum absolute atomic E-state index is 0.106. The number of thiophene rings is 2. The van der Waals surface area contributed by atoms with Crippen LogP contribution < -0.4 is 5.32 Å². The van der Waals surface area contributed by atoms with Gasteiger partial charge in [-0.3, -0.25) is 14.6 Å². The van der Waals surface area contributed by atoms with E-state index in [2.05, 4.69) is 10.3 Å². The normalized spacial score (nSPS) is 15.5. The Balaban J connectivity index is 1.67. The van der Waals surface area contributed by atoms with Gasteiger partial charge >= 0.3 is 0 Å². The minimum Gasteiger partial charge on any atom is -0.351 e. The van der Waals surface area contributed by atoms with Crippen molar-refractivity contribution in [2.45, 2.75) is 50.7 Å². The van der Waals surface area contributed by atoms with Gasteiger partial charge in [0.05, 0.1) is 6.54 Å². The third-order valence-electron chi connectivity index (χ3n) is 5.38. The number of amides is 2. The van der Waals surface area contributed by atoms with Crippen molar-refractivity contribution in [3.8, 4) is 0 Å². The van der Waals surface area contributed by atoms with E-state index in [-0.39, 0.29) is 17.9 Å². The van der Waals surface area contributed by atoms with E-state index in [4.69, 9.17) is 0 Å². The topological polar surface area (TPSA) is 62.3 Å². The summed E-state index contributed by atoms with van der Waals surface area (Å²) in [7, 11) is 0. The predicted molar refractivity (Wildman–Crippen MR) is 121 cm³/mol. The second kappa shape index (κ2) is 10.00. The molecule has 1 aliphatic rings. The van der Waals surface area contributed by atoms with E-state index in [0.29, 0.717) is 12.2 Å². The van der Waals surface area contributed by atoms with Crippen molar-refractivity contribution in [3.63, 3.8) is 0 Å². The lowest BCUT2D eigenvalue weighted by Gasteiger charge is -2.32. The predicted octanol–water partition coefficient (Wildman–Crippen LogP) is 5.04. The number of pyridine rings is 1. The van der Waals surface area contributed by atoms with Crippen LogP contribution in [0.2, 0.25) is 0 Å². The first kappa shape index (κ1) is 20.8. The zero-order valence-corrected chi connectivity index (χ0v) is 18.3. The van der Waals surface area contributed by atoms with Gasteiger partial charge in [0, 0.05) is 22.0 Å². The summed E-state index contributed by atoms with van der Waals surface area (Å²) in [6, 6.07) is 12.6. The standard InChI is InChI=1S/C23H25N3O2S2/c27-22(25-17-8-2-1-3-9-17)21(20-12-7-15-30-20)26(16-18-10-6-14-29-18)23(28)19-11-4-5-13-24-19/h4-7,10-15,17,21H,1-3,8-9,16H2,(H,25,27)/t21-/m0/s1. The number of aromatic nitrogens is 1. The molecule has 0 spiro atoms. The van der Waals surface area contributed by atoms with E-state index in [1.165, 1.54) is 17.8 Å². The smallest absolute Gasteiger partial charge is 0.273 e. The summed E-state index contributed by atoms with van der Waals surface area (Å²) in [5.41, 5.74) is 0.348. The maximum Gasteiger partial charge on any atom is 0.273 e. The third kappa shape index (κ3) is 4.96. The molecule has 0 unspecified atom stereocenters. The van der Waals surface area contributed by atoms with E-state index in [0.717, 1.165) is 35.4 Å². The Kier molecular flexibility index (Phi) is 6.92. The lowest BCUT2D eigenvalue weighted by Crippen LogP contribution is -2.46. The van der Waals surface area contributed by atoms with Crippen molar-refractivity contribution >= 4 is 34.5 Å². The van der Waals surface area contributed by atoms with E-state index in [1.807, 2.05) is 35.0 Å². The number of hydrogen-bond acceptors (Lipinski definition) is 5. The van der Waals surface area contributed by atoms with Crippen LogP contribution in [0.5, 0.6) is 0 Å². The Bertz CT molecular complexity index is 936. The van der Waals surface area contributed by atoms with E-state index < -0.39 is 6.04 Å². The highest BCUT2D eigenvalue weighted by molar-refractivity contribution is 7.10. The van der Waals surface area contributed by atoms with Gasteiger partial charge in [0.25, 0.3) is 5.91 Å². The molecule has 0 radical (unpaired) electrons. The van der Waals surface area contributed by atoms with Crippen LogP contribution in [-0.2, 0) is 11.3 Å². The molecule has 3 heterocycles. The first-order chi connectivity index (χ1) is 14.7. The molecular weight excluding hydrogens is 414 g/mol. The van der Waals surface area contributed by atoms with Crippen molar-refractivity contribution in [2.75, 3.05) is 0 Å². The van der Waals surface area contributed by atoms with Crippen molar-refractivity contribution in [2.24, 2.45) is 0 Å². The van der Waals surface area contributed by atoms with Crippen LogP contribution in [0.4, 0.5) is 0 Å². The molecular formula is C23H25N3O2S2. The van der Waals surface area contributed by atoms with Crippen molar-refractivity contribution in [1.29, 1.82) is 0 Å². The van der Waals surface area contributed by atoms with Crippen molar-refractivity contribution in [3.05, 3.63) is 74.9 Å². The van der Waals surface area contributed by atoms with Gasteiger partial charge < -0.3 is 10.2 Å². The van der Waals surface area contributed by atoms with Crippen LogP contribution in [0, 0.1) is 0 Å². The summed E-state index contributed by atoms with van der Waals surface area (Å²) in [6.07, 6.45) is 7.12. The first-order valence-corrected chi connectivity index (χ1v) is 12.1. The maximum atomic E-state index is 13.5. The van der Waals surface area contributed by atoms with Gasteiger partial charge in [0.1, 0.15) is 11.7 Å². The molecule has 2 amide bonds. The van der Waals surface area contributed by atoms with Gasteiger partial charge in [-0.15, -0.1) is 22.7 Å². The molecule has 4 rings (SSSR count). The number of hydrogen-bond donors (Lipinski definition) is 1. The highest BCUT2D eigenvalue weighted by atomic mass is 32.1. The molecule has 156 valence electrons. The average Bonchev–Trinajstić information content (AvgIpc) is 3.49. The zero-order chi connectivity index (χ0) is 20.8. The number of nitrogens with one attached hydrogen (secondary N) is 1. The first-order valence-electron chi connectivity index (χ1n) is 10.3. The summed E-state index contributed by atoms with van der Waals surface area (Å²) in [5, 5.41) is 7.17. The van der Waals surface area contributed by atoms with E-state index in [1.54, 1.807) is 40.6 Å². The second-order valence-corrected chi connectivity index (χ2v) is 9.50. The largest absolute Gasteiger partial charge is 0.351 e. The monoisotopic (exact) mass is 439 g/mol. The molecule has 5 nitrogen and oxygen atoms in total. The van der Waals surface area contributed by atoms with E-state index >= 15 is 0 Å². The molecule has 30 heavy (non-hydrogen) atoms. The van der Waals surface area contributed by atoms with Crippen LogP contribution in [0.25, 0.3) is 0 Å². The molecule has 1 aliphatic carbocycles. The summed E-state index contributed by atoms with van der Waals surface area (Å²) < 4.78 is 0. The van der Waals surface area contributed by atoms with Crippen LogP contribution in [-0.4, -0.2) is 27.7 Å². The van der Waals surface area contributed by atoms with Crippen LogP contribution in [0.3, 0.4) is 0 Å². The van der Waals surface area contributed by atoms with Crippen molar-refractivity contribution in [1.82, 2.24) is 15.2 Å². The summed E-state index contributed by atoms with van der Waals surface area (Å²) >= 11 is 3.09. The SMILES string of the molecule is O=C(NC1CCCCC1)[C@H](c1cccs1)N(Cc1cccs1)C(=O)c1ccccn1. The van der Waals surface area contributed by atoms with Crippen LogP contribution in [0.15, 0.2) is 59.4 Å². The van der Waals surface area contributed by atoms with Crippen molar-refractivity contribution < 1.29 is 9.59 Å². The fourth-order valence-corrected chi connectivity index (χ4v) is 5.42. The quantitative estimate of drug-likeness (QED) is 0.561. The molecule has 7 heteroatoms. The zero-order valence-electron chi connectivity index (χ0n) is 16.7. The van der Waals surface area contributed by atoms with Gasteiger partial charge in [-0.25, -0.2) is 0 Å². The van der Waals surface area contributed by atoms with E-state index in [9.17, 15) is 9.59 Å². The van der Waals surface area contributed by atoms with Crippen LogP contribution in [0.1, 0.15) is 58.4 Å². The number of carbonyl (C=O) groups excluding carboxylic acids is 2. The molecule has 3 aromatic heterocycles. The highest BCUT2D eigenvalue weighted by Crippen LogP contribution is 2.30. The number of rotatable bonds is 7. The fourth-order valence-electron chi connectivity index (χ4n) is 3.89. The Morgan fingerprint density at radius 3 is 2.50 bits per heavy atom. The van der Waals surface area contributed by atoms with Gasteiger partial charge in [0.2, 0.25) is 5.91 Å². The maximum absolute atomic E-state index is 13.5. The Hall–Kier alpha value is -2.51. The summed E-state index contributed by atoms with van der Waals surface area (Å²) in [4.78, 5) is 34.8. The molecule has 0 saturated heterocycles. The van der Waals surface area contributed by atoms with Gasteiger partial charge in [-0.1, -0.05) is 37.5 Å². The molecule has 3 aromatic rings. The average molecular weight is 440 g/mol. The number of carbonyl (C=O) groups is 2. The lowest BCUT2D eigenvalue weighted by molar-refractivity contribution is -0.127. The molecule has 1 fully saturated rings. The van der Waals surface area contributed by atoms with Crippen LogP contribution >= 0.6 is 22.7 Å². The molecule has 0 aromatic carbocycles. The minimum atomic E-state index is -0.677. The van der Waals surface area contributed by atoms with Gasteiger partial charge in [-0.05, 0) is 47.9 Å².